The molecular formula is C59H95NO10. The summed E-state index contributed by atoms with van der Waals surface area (Å²) in [5.74, 6) is -1.31. The van der Waals surface area contributed by atoms with Crippen molar-refractivity contribution in [3.63, 3.8) is 0 Å². The van der Waals surface area contributed by atoms with E-state index in [9.17, 15) is 35.1 Å². The van der Waals surface area contributed by atoms with E-state index < -0.39 is 67.4 Å². The molecule has 11 nitrogen and oxygen atoms in total. The van der Waals surface area contributed by atoms with E-state index >= 15 is 0 Å². The largest absolute Gasteiger partial charge is 0.454 e. The van der Waals surface area contributed by atoms with Crippen LogP contribution in [0.25, 0.3) is 0 Å². The van der Waals surface area contributed by atoms with Gasteiger partial charge in [-0.15, -0.1) is 0 Å². The molecule has 1 saturated heterocycles. The van der Waals surface area contributed by atoms with Gasteiger partial charge < -0.3 is 45.1 Å². The molecule has 1 aliphatic heterocycles. The summed E-state index contributed by atoms with van der Waals surface area (Å²) >= 11 is 0. The molecular weight excluding hydrogens is 883 g/mol. The summed E-state index contributed by atoms with van der Waals surface area (Å²) in [6, 6.07) is -1.06. The number of aliphatic hydroxyl groups excluding tert-OH is 5. The molecule has 1 aliphatic rings. The Hall–Kier alpha value is -3.94. The lowest BCUT2D eigenvalue weighted by Gasteiger charge is -2.41. The molecule has 1 fully saturated rings. The van der Waals surface area contributed by atoms with E-state index in [-0.39, 0.29) is 19.4 Å². The van der Waals surface area contributed by atoms with Gasteiger partial charge in [0.15, 0.2) is 12.4 Å². The van der Waals surface area contributed by atoms with Crippen LogP contribution < -0.4 is 5.32 Å². The van der Waals surface area contributed by atoms with Crippen molar-refractivity contribution in [1.82, 2.24) is 5.32 Å². The second-order valence-corrected chi connectivity index (χ2v) is 17.9. The summed E-state index contributed by atoms with van der Waals surface area (Å²) in [6.07, 6.45) is 52.6. The highest BCUT2D eigenvalue weighted by molar-refractivity contribution is 5.80. The first-order valence-electron chi connectivity index (χ1n) is 26.9. The fourth-order valence-electron chi connectivity index (χ4n) is 7.46. The third-order valence-corrected chi connectivity index (χ3v) is 11.7. The number of hydrogen-bond acceptors (Lipinski definition) is 10. The molecule has 0 aromatic carbocycles. The highest BCUT2D eigenvalue weighted by Gasteiger charge is 2.47. The van der Waals surface area contributed by atoms with Crippen molar-refractivity contribution < 1.29 is 49.3 Å². The molecule has 396 valence electrons. The second kappa shape index (κ2) is 46.2. The van der Waals surface area contributed by atoms with Gasteiger partial charge in [-0.1, -0.05) is 206 Å². The van der Waals surface area contributed by atoms with Crippen LogP contribution in [0.3, 0.4) is 0 Å². The highest BCUT2D eigenvalue weighted by Crippen LogP contribution is 2.26. The molecule has 8 atom stereocenters. The van der Waals surface area contributed by atoms with E-state index in [1.54, 1.807) is 6.08 Å². The second-order valence-electron chi connectivity index (χ2n) is 17.9. The SMILES string of the molecule is CC/C=C\C/C=C\C/C=C\C/C=C\C/C=C\CCCC(=O)OC1C(OCC(NC(=O)C(O)CCCC\C=C/C=C\C=C\C=C\CC)C(O)/C=C/CCCCCCCCCCCC)OC(CO)C(O)C1O. The smallest absolute Gasteiger partial charge is 0.306 e. The summed E-state index contributed by atoms with van der Waals surface area (Å²) < 4.78 is 17.4. The van der Waals surface area contributed by atoms with Crippen molar-refractivity contribution in [3.8, 4) is 0 Å². The molecule has 0 aromatic rings. The summed E-state index contributed by atoms with van der Waals surface area (Å²) in [5.41, 5.74) is 0. The number of amides is 1. The standard InChI is InChI=1S/C59H95NO10/c1-4-7-10-13-16-19-22-25-26-27-28-29-32-35-38-41-44-47-54(64)70-57-56(66)55(65)53(48-61)69-59(57)68-49-50(51(62)45-42-39-36-33-30-23-20-17-14-11-8-5-2)60-58(67)52(63)46-43-40-37-34-31-24-21-18-15-12-9-6-3/h7,9-10,12,15-16,18-19,21,24-26,28-29,31,34-35,38,42,45,50-53,55-57,59,61-63,65-66H,4-6,8,11,13-14,17,20,22-23,27,30,32-33,36-37,39-41,43-44,46-49H2,1-3H3,(H,60,67)/b10-7-,12-9+,18-15+,19-16-,24-21-,26-25-,29-28-,34-31-,38-35-,45-42+. The van der Waals surface area contributed by atoms with E-state index in [1.165, 1.54) is 44.9 Å². The number of rotatable bonds is 42. The Morgan fingerprint density at radius 3 is 1.70 bits per heavy atom. The van der Waals surface area contributed by atoms with Gasteiger partial charge in [-0.3, -0.25) is 9.59 Å². The van der Waals surface area contributed by atoms with Crippen LogP contribution in [0.2, 0.25) is 0 Å². The lowest BCUT2D eigenvalue weighted by molar-refractivity contribution is -0.305. The number of unbranched alkanes of at least 4 members (excludes halogenated alkanes) is 13. The Morgan fingerprint density at radius 1 is 0.586 bits per heavy atom. The van der Waals surface area contributed by atoms with Crippen molar-refractivity contribution in [2.24, 2.45) is 0 Å². The molecule has 8 unspecified atom stereocenters. The average molecular weight is 978 g/mol. The van der Waals surface area contributed by atoms with Crippen LogP contribution in [0, 0.1) is 0 Å². The van der Waals surface area contributed by atoms with Gasteiger partial charge in [0.1, 0.15) is 24.4 Å². The maximum Gasteiger partial charge on any atom is 0.306 e. The minimum atomic E-state index is -1.65. The van der Waals surface area contributed by atoms with Crippen molar-refractivity contribution >= 4 is 11.9 Å². The quantitative estimate of drug-likeness (QED) is 0.0149. The molecule has 1 amide bonds. The van der Waals surface area contributed by atoms with Crippen molar-refractivity contribution in [2.45, 2.75) is 224 Å². The van der Waals surface area contributed by atoms with E-state index in [0.717, 1.165) is 77.0 Å². The average Bonchev–Trinajstić information content (AvgIpc) is 3.36. The first-order chi connectivity index (χ1) is 34.2. The zero-order valence-electron chi connectivity index (χ0n) is 43.3. The van der Waals surface area contributed by atoms with Gasteiger partial charge in [-0.05, 0) is 83.5 Å². The Labute approximate surface area is 423 Å². The topological polar surface area (TPSA) is 175 Å². The van der Waals surface area contributed by atoms with E-state index in [0.29, 0.717) is 19.3 Å². The lowest BCUT2D eigenvalue weighted by Crippen LogP contribution is -2.61. The lowest BCUT2D eigenvalue weighted by atomic mass is 9.99. The molecule has 0 aromatic heterocycles. The van der Waals surface area contributed by atoms with E-state index in [1.807, 2.05) is 60.8 Å². The number of carbonyl (C=O) groups excluding carboxylic acids is 2. The Kier molecular flexibility index (Phi) is 42.2. The van der Waals surface area contributed by atoms with Gasteiger partial charge in [-0.2, -0.15) is 0 Å². The van der Waals surface area contributed by atoms with Crippen molar-refractivity contribution in [3.05, 3.63) is 122 Å². The minimum Gasteiger partial charge on any atom is -0.454 e. The van der Waals surface area contributed by atoms with Crippen molar-refractivity contribution in [1.29, 1.82) is 0 Å². The summed E-state index contributed by atoms with van der Waals surface area (Å²) in [6.45, 7) is 5.42. The molecule has 0 aliphatic carbocycles. The fraction of sp³-hybridized carbons (Fsp3) is 0.627. The van der Waals surface area contributed by atoms with Gasteiger partial charge in [0, 0.05) is 6.42 Å². The third-order valence-electron chi connectivity index (χ3n) is 11.7. The highest BCUT2D eigenvalue weighted by atomic mass is 16.7. The van der Waals surface area contributed by atoms with Gasteiger partial charge in [0.2, 0.25) is 5.91 Å². The molecule has 0 saturated carbocycles. The summed E-state index contributed by atoms with van der Waals surface area (Å²) in [7, 11) is 0. The number of esters is 1. The van der Waals surface area contributed by atoms with Crippen LogP contribution in [-0.4, -0.2) is 99.6 Å². The predicted octanol–water partition coefficient (Wildman–Crippen LogP) is 11.5. The summed E-state index contributed by atoms with van der Waals surface area (Å²) in [5, 5.41) is 56.6. The molecule has 0 spiro atoms. The van der Waals surface area contributed by atoms with Gasteiger partial charge >= 0.3 is 5.97 Å². The van der Waals surface area contributed by atoms with Gasteiger partial charge in [0.05, 0.1) is 25.4 Å². The molecule has 11 heteroatoms. The van der Waals surface area contributed by atoms with Gasteiger partial charge in [-0.25, -0.2) is 0 Å². The number of carbonyl (C=O) groups is 2. The zero-order chi connectivity index (χ0) is 51.1. The fourth-order valence-corrected chi connectivity index (χ4v) is 7.46. The Balaban J connectivity index is 2.83. The predicted molar refractivity (Wildman–Crippen MR) is 287 cm³/mol. The minimum absolute atomic E-state index is 0.0328. The number of hydrogen-bond donors (Lipinski definition) is 6. The molecule has 0 bridgehead atoms. The normalized spacial score (nSPS) is 20.7. The first kappa shape index (κ1) is 64.1. The van der Waals surface area contributed by atoms with Gasteiger partial charge in [0.25, 0.3) is 0 Å². The van der Waals surface area contributed by atoms with Crippen molar-refractivity contribution in [2.75, 3.05) is 13.2 Å². The zero-order valence-corrected chi connectivity index (χ0v) is 43.3. The van der Waals surface area contributed by atoms with Crippen LogP contribution in [0.4, 0.5) is 0 Å². The first-order valence-corrected chi connectivity index (χ1v) is 26.9. The molecule has 6 N–H and O–H groups in total. The molecule has 70 heavy (non-hydrogen) atoms. The van der Waals surface area contributed by atoms with E-state index in [4.69, 9.17) is 14.2 Å². The monoisotopic (exact) mass is 978 g/mol. The van der Waals surface area contributed by atoms with Crippen LogP contribution in [0.5, 0.6) is 0 Å². The van der Waals surface area contributed by atoms with E-state index in [2.05, 4.69) is 80.8 Å². The Morgan fingerprint density at radius 2 is 1.10 bits per heavy atom. The number of nitrogens with one attached hydrogen (secondary N) is 1. The maximum atomic E-state index is 13.3. The van der Waals surface area contributed by atoms with Crippen LogP contribution in [0.15, 0.2) is 122 Å². The third kappa shape index (κ3) is 34.4. The summed E-state index contributed by atoms with van der Waals surface area (Å²) in [4.78, 5) is 26.3. The maximum absolute atomic E-state index is 13.3. The molecule has 1 rings (SSSR count). The number of ether oxygens (including phenoxy) is 3. The molecule has 0 radical (unpaired) electrons. The number of aliphatic hydroxyl groups is 5. The van der Waals surface area contributed by atoms with Crippen LogP contribution in [-0.2, 0) is 23.8 Å². The molecule has 1 heterocycles. The number of allylic oxidation sites excluding steroid dienone is 19. The van der Waals surface area contributed by atoms with Crippen LogP contribution >= 0.6 is 0 Å². The Bertz CT molecular complexity index is 1590. The van der Waals surface area contributed by atoms with Crippen LogP contribution in [0.1, 0.15) is 175 Å².